The highest BCUT2D eigenvalue weighted by Crippen LogP contribution is 2.46. The zero-order valence-electron chi connectivity index (χ0n) is 35.6. The zero-order chi connectivity index (χ0) is 43.2. The van der Waals surface area contributed by atoms with Gasteiger partial charge in [-0.1, -0.05) is 61.0 Å². The number of carbonyl (C=O) groups is 3. The van der Waals surface area contributed by atoms with E-state index in [1.807, 2.05) is 78.9 Å². The van der Waals surface area contributed by atoms with E-state index in [1.54, 1.807) is 14.2 Å². The molecule has 0 aromatic heterocycles. The number of hydrogen-bond donors (Lipinski definition) is 2. The number of esters is 2. The topological polar surface area (TPSA) is 167 Å². The van der Waals surface area contributed by atoms with Gasteiger partial charge in [0.25, 0.3) is 8.53 Å². The lowest BCUT2D eigenvalue weighted by molar-refractivity contribution is -0.144. The minimum absolute atomic E-state index is 0.0191. The number of nitrogens with zero attached hydrogens (tertiary/aromatic N) is 2. The molecule has 3 rings (SSSR count). The molecule has 14 nitrogen and oxygen atoms in total. The minimum Gasteiger partial charge on any atom is -0.497 e. The Labute approximate surface area is 350 Å². The smallest absolute Gasteiger partial charge is 0.322 e. The first-order valence-corrected chi connectivity index (χ1v) is 20.9. The third-order valence-electron chi connectivity index (χ3n) is 9.44. The molecule has 3 aromatic rings. The molecule has 1 amide bonds. The lowest BCUT2D eigenvalue weighted by Crippen LogP contribution is -2.45. The molecular formula is C44H61N4O10P. The molecule has 322 valence electrons. The Morgan fingerprint density at radius 3 is 1.85 bits per heavy atom. The van der Waals surface area contributed by atoms with E-state index in [4.69, 9.17) is 28.0 Å². The van der Waals surface area contributed by atoms with Crippen molar-refractivity contribution in [3.05, 3.63) is 95.6 Å². The molecule has 0 bridgehead atoms. The van der Waals surface area contributed by atoms with Gasteiger partial charge in [0.1, 0.15) is 23.1 Å². The Kier molecular flexibility index (Phi) is 21.3. The number of benzene rings is 3. The van der Waals surface area contributed by atoms with Gasteiger partial charge < -0.3 is 38.0 Å². The molecule has 59 heavy (non-hydrogen) atoms. The number of unbranched alkanes of at least 4 members (excludes halogenated alkanes) is 1. The Morgan fingerprint density at radius 2 is 1.34 bits per heavy atom. The fourth-order valence-corrected chi connectivity index (χ4v) is 8.21. The second kappa shape index (κ2) is 25.8. The molecule has 0 heterocycles. The van der Waals surface area contributed by atoms with Crippen molar-refractivity contribution in [2.45, 2.75) is 89.6 Å². The number of ether oxygens (including phenoxy) is 5. The summed E-state index contributed by atoms with van der Waals surface area (Å²) >= 11 is 0. The Morgan fingerprint density at radius 1 is 0.763 bits per heavy atom. The minimum atomic E-state index is -1.63. The molecule has 0 saturated heterocycles. The molecule has 2 N–H and O–H groups in total. The van der Waals surface area contributed by atoms with Crippen molar-refractivity contribution >= 4 is 26.4 Å². The molecule has 0 spiro atoms. The van der Waals surface area contributed by atoms with Crippen LogP contribution in [0.5, 0.6) is 11.5 Å². The summed E-state index contributed by atoms with van der Waals surface area (Å²) in [5.41, 5.74) is 1.36. The quantitative estimate of drug-likeness (QED) is 0.0363. The Hall–Kier alpha value is -4.61. The maximum atomic E-state index is 13.7. The second-order valence-corrected chi connectivity index (χ2v) is 15.7. The monoisotopic (exact) mass is 836 g/mol. The summed E-state index contributed by atoms with van der Waals surface area (Å²) in [4.78, 5) is 37.8. The van der Waals surface area contributed by atoms with Crippen LogP contribution in [-0.2, 0) is 43.2 Å². The Balaban J connectivity index is 1.98. The summed E-state index contributed by atoms with van der Waals surface area (Å²) in [7, 11) is 4.16. The van der Waals surface area contributed by atoms with Gasteiger partial charge in [0.05, 0.1) is 73.3 Å². The normalized spacial score (nSPS) is 13.1. The summed E-state index contributed by atoms with van der Waals surface area (Å²) in [5.74, 6) is 0.121. The van der Waals surface area contributed by atoms with Gasteiger partial charge >= 0.3 is 11.9 Å². The number of hydrogen-bond acceptors (Lipinski definition) is 13. The maximum Gasteiger partial charge on any atom is 0.322 e. The van der Waals surface area contributed by atoms with Gasteiger partial charge in [0.15, 0.2) is 0 Å². The fourth-order valence-electron chi connectivity index (χ4n) is 6.56. The predicted octanol–water partition coefficient (Wildman–Crippen LogP) is 6.65. The first-order chi connectivity index (χ1) is 28.4. The third-order valence-corrected chi connectivity index (χ3v) is 11.5. The largest absolute Gasteiger partial charge is 0.497 e. The summed E-state index contributed by atoms with van der Waals surface area (Å²) in [6, 6.07) is 26.2. The van der Waals surface area contributed by atoms with Crippen molar-refractivity contribution in [2.75, 3.05) is 54.8 Å². The number of amides is 1. The standard InChI is InChI=1S/C44H61N4O10P/c1-32(2)48(33(3)4)59(57-28-14-27-45)58-31-37(47-41(49)18-13-12-17-40(43(51)55-8)46-29-42(50)54-7)30-56-44(34-15-10-9-11-16-34,35-19-23-38(52-5)24-20-35)36-21-25-39(53-6)26-22-36/h9-11,15-16,19-26,32-33,37,40,46H,12-14,17-18,28-31H2,1-8H3,(H,47,49). The zero-order valence-corrected chi connectivity index (χ0v) is 36.5. The van der Waals surface area contributed by atoms with E-state index in [9.17, 15) is 19.6 Å². The molecule has 3 unspecified atom stereocenters. The molecule has 0 radical (unpaired) electrons. The first kappa shape index (κ1) is 48.8. The molecule has 0 aliphatic carbocycles. The van der Waals surface area contributed by atoms with Gasteiger partial charge in [-0.2, -0.15) is 5.26 Å². The van der Waals surface area contributed by atoms with Crippen LogP contribution >= 0.6 is 8.53 Å². The van der Waals surface area contributed by atoms with E-state index in [2.05, 4.69) is 53.8 Å². The molecule has 3 atom stereocenters. The lowest BCUT2D eigenvalue weighted by atomic mass is 9.80. The fraction of sp³-hybridized carbons (Fsp3) is 0.500. The summed E-state index contributed by atoms with van der Waals surface area (Å²) in [6.45, 7) is 8.33. The van der Waals surface area contributed by atoms with Gasteiger partial charge in [-0.15, -0.1) is 0 Å². The average Bonchev–Trinajstić information content (AvgIpc) is 3.25. The van der Waals surface area contributed by atoms with Crippen LogP contribution in [0.3, 0.4) is 0 Å². The van der Waals surface area contributed by atoms with Crippen LogP contribution in [0.15, 0.2) is 78.9 Å². The van der Waals surface area contributed by atoms with Crippen molar-refractivity contribution in [3.63, 3.8) is 0 Å². The van der Waals surface area contributed by atoms with E-state index in [0.717, 1.165) is 16.7 Å². The van der Waals surface area contributed by atoms with E-state index in [-0.39, 0.29) is 57.2 Å². The molecular weight excluding hydrogens is 775 g/mol. The van der Waals surface area contributed by atoms with E-state index >= 15 is 0 Å². The SMILES string of the molecule is COC(=O)CNC(CCCCC(=O)NC(COP(OCCC#N)N(C(C)C)C(C)C)COC(c1ccccc1)(c1ccc(OC)cc1)c1ccc(OC)cc1)C(=O)OC. The molecule has 3 aromatic carbocycles. The Bertz CT molecular complexity index is 1680. The molecule has 0 aliphatic rings. The van der Waals surface area contributed by atoms with Crippen molar-refractivity contribution in [2.24, 2.45) is 0 Å². The van der Waals surface area contributed by atoms with Crippen LogP contribution in [-0.4, -0.2) is 101 Å². The number of nitriles is 1. The second-order valence-electron chi connectivity index (χ2n) is 14.2. The first-order valence-electron chi connectivity index (χ1n) is 19.8. The van der Waals surface area contributed by atoms with Gasteiger partial charge in [-0.3, -0.25) is 19.7 Å². The summed E-state index contributed by atoms with van der Waals surface area (Å²) in [5, 5.41) is 15.3. The van der Waals surface area contributed by atoms with E-state index < -0.39 is 38.1 Å². The van der Waals surface area contributed by atoms with Crippen molar-refractivity contribution in [1.82, 2.24) is 15.3 Å². The molecule has 0 aliphatic heterocycles. The van der Waals surface area contributed by atoms with Gasteiger partial charge in [-0.25, -0.2) is 4.67 Å². The number of methoxy groups -OCH3 is 4. The predicted molar refractivity (Wildman–Crippen MR) is 226 cm³/mol. The number of nitrogens with one attached hydrogen (secondary N) is 2. The summed E-state index contributed by atoms with van der Waals surface area (Å²) in [6.07, 6.45) is 1.66. The van der Waals surface area contributed by atoms with Crippen molar-refractivity contribution in [1.29, 1.82) is 5.26 Å². The summed E-state index contributed by atoms with van der Waals surface area (Å²) < 4.78 is 42.6. The maximum absolute atomic E-state index is 13.7. The molecule has 0 fully saturated rings. The van der Waals surface area contributed by atoms with Gasteiger partial charge in [0.2, 0.25) is 5.91 Å². The van der Waals surface area contributed by atoms with Crippen LogP contribution < -0.4 is 20.1 Å². The third kappa shape index (κ3) is 14.9. The number of carbonyl (C=O) groups excluding carboxylic acids is 3. The number of rotatable bonds is 27. The highest BCUT2D eigenvalue weighted by Gasteiger charge is 2.39. The van der Waals surface area contributed by atoms with Crippen molar-refractivity contribution < 1.29 is 47.1 Å². The van der Waals surface area contributed by atoms with Crippen LogP contribution in [0.1, 0.15) is 76.5 Å². The van der Waals surface area contributed by atoms with Crippen molar-refractivity contribution in [3.8, 4) is 17.6 Å². The average molecular weight is 837 g/mol. The van der Waals surface area contributed by atoms with Gasteiger partial charge in [0, 0.05) is 18.5 Å². The van der Waals surface area contributed by atoms with Crippen LogP contribution in [0.25, 0.3) is 0 Å². The van der Waals surface area contributed by atoms with Gasteiger partial charge in [-0.05, 0) is 81.5 Å². The van der Waals surface area contributed by atoms with Crippen LogP contribution in [0.4, 0.5) is 0 Å². The molecule has 0 saturated carbocycles. The van der Waals surface area contributed by atoms with Crippen LogP contribution in [0, 0.1) is 11.3 Å². The highest BCUT2D eigenvalue weighted by molar-refractivity contribution is 7.44. The van der Waals surface area contributed by atoms with E-state index in [0.29, 0.717) is 30.8 Å². The van der Waals surface area contributed by atoms with Crippen LogP contribution in [0.2, 0.25) is 0 Å². The molecule has 15 heteroatoms. The highest BCUT2D eigenvalue weighted by atomic mass is 31.2. The lowest BCUT2D eigenvalue weighted by Gasteiger charge is -2.38. The van der Waals surface area contributed by atoms with E-state index in [1.165, 1.54) is 14.2 Å².